The molecule has 5 aliphatic rings. The van der Waals surface area contributed by atoms with Crippen LogP contribution in [0, 0.1) is 35.5 Å². The summed E-state index contributed by atoms with van der Waals surface area (Å²) in [5, 5.41) is 0. The van der Waals surface area contributed by atoms with Gasteiger partial charge in [0.15, 0.2) is 0 Å². The molecule has 6 atom stereocenters. The lowest BCUT2D eigenvalue weighted by atomic mass is 9.50. The number of imide groups is 1. The summed E-state index contributed by atoms with van der Waals surface area (Å²) in [6.07, 6.45) is 8.78. The Balaban J connectivity index is 1.61. The lowest BCUT2D eigenvalue weighted by molar-refractivity contribution is -0.127. The molecule has 3 nitrogen and oxygen atoms in total. The van der Waals surface area contributed by atoms with Crippen LogP contribution in [0.3, 0.4) is 0 Å². The number of nitrogens with zero attached hydrogens (tertiary/aromatic N) is 1. The number of carbonyl (C=O) groups is 2. The molecule has 2 bridgehead atoms. The average Bonchev–Trinajstić information content (AvgIpc) is 2.73. The number of allylic oxidation sites excluding steroid dienone is 4. The van der Waals surface area contributed by atoms with Crippen molar-refractivity contribution in [2.24, 2.45) is 35.5 Å². The first-order valence-corrected chi connectivity index (χ1v) is 7.57. The van der Waals surface area contributed by atoms with E-state index < -0.39 is 0 Å². The molecule has 0 N–H and O–H groups in total. The second-order valence-corrected chi connectivity index (χ2v) is 6.48. The normalized spacial score (nSPS) is 42.0. The highest BCUT2D eigenvalue weighted by Gasteiger charge is 2.62. The number of hydrogen-bond acceptors (Lipinski definition) is 2. The maximum Gasteiger partial charge on any atom is 0.238 e. The van der Waals surface area contributed by atoms with Crippen LogP contribution >= 0.6 is 0 Å². The summed E-state index contributed by atoms with van der Waals surface area (Å²) in [6, 6.07) is 9.33. The fourth-order valence-corrected chi connectivity index (χ4v) is 4.72. The SMILES string of the molecule is O=C1[C@H]2[C@@H]3C=C[C@H]([C@H]4C=C[C@@H]43)[C@@H]2C(=O)N1c1ccccc1. The zero-order chi connectivity index (χ0) is 14.1. The number of rotatable bonds is 1. The third-order valence-corrected chi connectivity index (χ3v) is 5.69. The molecule has 2 fully saturated rings. The Morgan fingerprint density at radius 3 is 1.62 bits per heavy atom. The smallest absolute Gasteiger partial charge is 0.238 e. The first kappa shape index (κ1) is 11.5. The highest BCUT2D eigenvalue weighted by molar-refractivity contribution is 6.22. The molecule has 1 aromatic rings. The van der Waals surface area contributed by atoms with Crippen LogP contribution in [0.25, 0.3) is 0 Å². The largest absolute Gasteiger partial charge is 0.274 e. The Bertz CT molecular complexity index is 665. The summed E-state index contributed by atoms with van der Waals surface area (Å²) in [7, 11) is 0. The number of amides is 2. The zero-order valence-corrected chi connectivity index (χ0v) is 11.4. The minimum absolute atomic E-state index is 0.00528. The van der Waals surface area contributed by atoms with Gasteiger partial charge in [-0.3, -0.25) is 14.5 Å². The minimum atomic E-state index is -0.154. The van der Waals surface area contributed by atoms with Crippen molar-refractivity contribution in [2.75, 3.05) is 4.90 Å². The van der Waals surface area contributed by atoms with Gasteiger partial charge in [-0.05, 0) is 35.8 Å². The maximum atomic E-state index is 12.9. The van der Waals surface area contributed by atoms with E-state index in [9.17, 15) is 9.59 Å². The van der Waals surface area contributed by atoms with Gasteiger partial charge in [0.05, 0.1) is 17.5 Å². The third-order valence-electron chi connectivity index (χ3n) is 5.69. The molecule has 1 aliphatic heterocycles. The second-order valence-electron chi connectivity index (χ2n) is 6.48. The van der Waals surface area contributed by atoms with E-state index in [1.165, 1.54) is 4.90 Å². The molecule has 1 aromatic carbocycles. The van der Waals surface area contributed by atoms with Crippen molar-refractivity contribution in [3.8, 4) is 0 Å². The number of carbonyl (C=O) groups excluding carboxylic acids is 2. The number of para-hydroxylation sites is 1. The van der Waals surface area contributed by atoms with Gasteiger partial charge in [0.25, 0.3) is 0 Å². The summed E-state index contributed by atoms with van der Waals surface area (Å²) in [5.41, 5.74) is 0.710. The van der Waals surface area contributed by atoms with E-state index in [0.29, 0.717) is 17.5 Å². The van der Waals surface area contributed by atoms with Gasteiger partial charge < -0.3 is 0 Å². The molecule has 6 rings (SSSR count). The van der Waals surface area contributed by atoms with Crippen LogP contribution in [0.2, 0.25) is 0 Å². The summed E-state index contributed by atoms with van der Waals surface area (Å²) >= 11 is 0. The van der Waals surface area contributed by atoms with Gasteiger partial charge in [0.1, 0.15) is 0 Å². The molecule has 4 aliphatic carbocycles. The quantitative estimate of drug-likeness (QED) is 0.584. The van der Waals surface area contributed by atoms with Gasteiger partial charge in [-0.2, -0.15) is 0 Å². The summed E-state index contributed by atoms with van der Waals surface area (Å²) in [6.45, 7) is 0. The van der Waals surface area contributed by atoms with Crippen molar-refractivity contribution >= 4 is 17.5 Å². The van der Waals surface area contributed by atoms with Gasteiger partial charge in [0, 0.05) is 0 Å². The van der Waals surface area contributed by atoms with Gasteiger partial charge in [0.2, 0.25) is 11.8 Å². The Morgan fingerprint density at radius 1 is 0.667 bits per heavy atom. The first-order valence-electron chi connectivity index (χ1n) is 7.57. The first-order chi connectivity index (χ1) is 10.3. The van der Waals surface area contributed by atoms with E-state index in [-0.39, 0.29) is 35.5 Å². The molecule has 0 aromatic heterocycles. The van der Waals surface area contributed by atoms with Crippen LogP contribution in [0.1, 0.15) is 0 Å². The summed E-state index contributed by atoms with van der Waals surface area (Å²) < 4.78 is 0. The van der Waals surface area contributed by atoms with Crippen molar-refractivity contribution in [3.05, 3.63) is 54.6 Å². The molecule has 1 heterocycles. The van der Waals surface area contributed by atoms with E-state index in [2.05, 4.69) is 24.3 Å². The van der Waals surface area contributed by atoms with Crippen molar-refractivity contribution < 1.29 is 9.59 Å². The highest BCUT2D eigenvalue weighted by Crippen LogP contribution is 2.58. The highest BCUT2D eigenvalue weighted by atomic mass is 16.2. The molecule has 21 heavy (non-hydrogen) atoms. The van der Waals surface area contributed by atoms with Crippen LogP contribution in [0.5, 0.6) is 0 Å². The van der Waals surface area contributed by atoms with E-state index in [4.69, 9.17) is 0 Å². The van der Waals surface area contributed by atoms with Gasteiger partial charge >= 0.3 is 0 Å². The van der Waals surface area contributed by atoms with Gasteiger partial charge in [-0.15, -0.1) is 0 Å². The predicted octanol–water partition coefficient (Wildman–Crippen LogP) is 2.41. The molecular weight excluding hydrogens is 262 g/mol. The average molecular weight is 277 g/mol. The molecule has 1 saturated carbocycles. The van der Waals surface area contributed by atoms with Crippen LogP contribution < -0.4 is 4.90 Å². The van der Waals surface area contributed by atoms with E-state index in [0.717, 1.165) is 0 Å². The second kappa shape index (κ2) is 3.73. The predicted molar refractivity (Wildman–Crippen MR) is 78.2 cm³/mol. The lowest BCUT2D eigenvalue weighted by Gasteiger charge is -2.51. The molecule has 104 valence electrons. The number of anilines is 1. The minimum Gasteiger partial charge on any atom is -0.274 e. The Hall–Kier alpha value is -2.16. The van der Waals surface area contributed by atoms with Crippen molar-refractivity contribution in [1.29, 1.82) is 0 Å². The molecule has 0 unspecified atom stereocenters. The van der Waals surface area contributed by atoms with Crippen LogP contribution in [0.4, 0.5) is 5.69 Å². The van der Waals surface area contributed by atoms with E-state index >= 15 is 0 Å². The summed E-state index contributed by atoms with van der Waals surface area (Å²) in [5.74, 6) is 1.03. The van der Waals surface area contributed by atoms with Gasteiger partial charge in [-0.25, -0.2) is 0 Å². The van der Waals surface area contributed by atoms with Crippen LogP contribution in [-0.4, -0.2) is 11.8 Å². The van der Waals surface area contributed by atoms with Crippen LogP contribution in [-0.2, 0) is 9.59 Å². The van der Waals surface area contributed by atoms with Crippen molar-refractivity contribution in [1.82, 2.24) is 0 Å². The zero-order valence-electron chi connectivity index (χ0n) is 11.4. The molecule has 0 radical (unpaired) electrons. The Kier molecular flexibility index (Phi) is 2.04. The third kappa shape index (κ3) is 1.25. The molecule has 2 amide bonds. The fraction of sp³-hybridized carbons (Fsp3) is 0.333. The number of hydrogen-bond donors (Lipinski definition) is 0. The summed E-state index contributed by atoms with van der Waals surface area (Å²) in [4.78, 5) is 27.2. The standard InChI is InChI=1S/C18H15NO2/c20-17-15-13-8-9-14(12-7-6-11(12)13)16(15)18(21)19(17)10-4-2-1-3-5-10/h1-9,11-16H/t11-,12-,13+,14+,15-,16-/m0/s1. The Labute approximate surface area is 122 Å². The number of benzene rings is 1. The fourth-order valence-electron chi connectivity index (χ4n) is 4.72. The molecule has 1 saturated heterocycles. The molecule has 3 heteroatoms. The molecule has 0 spiro atoms. The van der Waals surface area contributed by atoms with Crippen LogP contribution in [0.15, 0.2) is 54.6 Å². The maximum absolute atomic E-state index is 12.9. The van der Waals surface area contributed by atoms with Gasteiger partial charge in [-0.1, -0.05) is 42.5 Å². The topological polar surface area (TPSA) is 37.4 Å². The molecular formula is C18H15NO2. The van der Waals surface area contributed by atoms with E-state index in [1.807, 2.05) is 30.3 Å². The Morgan fingerprint density at radius 2 is 1.14 bits per heavy atom. The van der Waals surface area contributed by atoms with Crippen molar-refractivity contribution in [2.45, 2.75) is 0 Å². The lowest BCUT2D eigenvalue weighted by Crippen LogP contribution is -2.50. The van der Waals surface area contributed by atoms with Crippen molar-refractivity contribution in [3.63, 3.8) is 0 Å². The van der Waals surface area contributed by atoms with E-state index in [1.54, 1.807) is 0 Å². The monoisotopic (exact) mass is 277 g/mol.